The topological polar surface area (TPSA) is 36.9 Å². The molecule has 5 heteroatoms. The predicted molar refractivity (Wildman–Crippen MR) is 118 cm³/mol. The zero-order chi connectivity index (χ0) is 20.1. The van der Waals surface area contributed by atoms with Gasteiger partial charge in [0.25, 0.3) is 0 Å². The van der Waals surface area contributed by atoms with Gasteiger partial charge in [0.2, 0.25) is 0 Å². The monoisotopic (exact) mass is 398 g/mol. The Balaban J connectivity index is 4.40. The van der Waals surface area contributed by atoms with Gasteiger partial charge >= 0.3 is 0 Å². The highest BCUT2D eigenvalue weighted by molar-refractivity contribution is 5.98. The van der Waals surface area contributed by atoms with E-state index in [4.69, 9.17) is 18.6 Å². The van der Waals surface area contributed by atoms with Crippen LogP contribution in [0.2, 0.25) is 0 Å². The zero-order valence-corrected chi connectivity index (χ0v) is 20.1. The molecule has 0 aliphatic carbocycles. The summed E-state index contributed by atoms with van der Waals surface area (Å²) in [6.07, 6.45) is 20.6. The molecule has 0 N–H and O–H groups in total. The molecule has 0 amide bonds. The fraction of sp³-hybridized carbons (Fsp3) is 0.727. The summed E-state index contributed by atoms with van der Waals surface area (Å²) >= 11 is 0. The van der Waals surface area contributed by atoms with Crippen molar-refractivity contribution >= 4 is 10.5 Å². The van der Waals surface area contributed by atoms with Crippen LogP contribution in [-0.2, 0) is 18.6 Å². The Hall–Kier alpha value is -1.20. The summed E-state index contributed by atoms with van der Waals surface area (Å²) in [6, 6.07) is 0. The molecule has 0 bridgehead atoms. The SMILES string of the molecule is CCC=COCCCC(CCCOC=CCC)(CCCOC=CCC)O[SiH3]. The van der Waals surface area contributed by atoms with E-state index < -0.39 is 0 Å². The van der Waals surface area contributed by atoms with E-state index in [9.17, 15) is 0 Å². The number of ether oxygens (including phenoxy) is 3. The van der Waals surface area contributed by atoms with Crippen LogP contribution >= 0.6 is 0 Å². The maximum absolute atomic E-state index is 6.14. The highest BCUT2D eigenvalue weighted by atomic mass is 28.2. The molecule has 0 rings (SSSR count). The van der Waals surface area contributed by atoms with Gasteiger partial charge in [-0.05, 0) is 57.8 Å². The smallest absolute Gasteiger partial charge is 0.146 e. The molecule has 0 aromatic heterocycles. The molecule has 0 heterocycles. The number of hydrogen-bond acceptors (Lipinski definition) is 4. The second-order valence-corrected chi connectivity index (χ2v) is 7.06. The number of allylic oxidation sites excluding steroid dienone is 3. The molecular weight excluding hydrogens is 356 g/mol. The first-order valence-electron chi connectivity index (χ1n) is 10.6. The zero-order valence-electron chi connectivity index (χ0n) is 18.1. The van der Waals surface area contributed by atoms with Gasteiger partial charge in [0.1, 0.15) is 10.5 Å². The molecule has 158 valence electrons. The van der Waals surface area contributed by atoms with Gasteiger partial charge in [-0.1, -0.05) is 39.0 Å². The Morgan fingerprint density at radius 2 is 0.963 bits per heavy atom. The lowest BCUT2D eigenvalue weighted by molar-refractivity contribution is 0.0283. The van der Waals surface area contributed by atoms with Gasteiger partial charge in [-0.2, -0.15) is 0 Å². The van der Waals surface area contributed by atoms with E-state index in [0.29, 0.717) is 0 Å². The molecule has 0 aliphatic rings. The summed E-state index contributed by atoms with van der Waals surface area (Å²) in [4.78, 5) is 0. The molecule has 0 atom stereocenters. The van der Waals surface area contributed by atoms with E-state index in [2.05, 4.69) is 20.8 Å². The Morgan fingerprint density at radius 1 is 0.630 bits per heavy atom. The van der Waals surface area contributed by atoms with Crippen molar-refractivity contribution in [2.75, 3.05) is 19.8 Å². The molecule has 0 spiro atoms. The molecule has 27 heavy (non-hydrogen) atoms. The highest BCUT2D eigenvalue weighted by Crippen LogP contribution is 2.29. The minimum absolute atomic E-state index is 0.0697. The van der Waals surface area contributed by atoms with Crippen molar-refractivity contribution in [3.05, 3.63) is 37.0 Å². The first-order valence-corrected chi connectivity index (χ1v) is 11.4. The normalized spacial score (nSPS) is 14.3. The Morgan fingerprint density at radius 3 is 1.22 bits per heavy atom. The van der Waals surface area contributed by atoms with Crippen LogP contribution in [0.25, 0.3) is 0 Å². The van der Waals surface area contributed by atoms with Crippen LogP contribution in [-0.4, -0.2) is 35.9 Å². The van der Waals surface area contributed by atoms with Crippen LogP contribution in [0.5, 0.6) is 0 Å². The van der Waals surface area contributed by atoms with Crippen molar-refractivity contribution in [3.8, 4) is 0 Å². The summed E-state index contributed by atoms with van der Waals surface area (Å²) in [6.45, 7) is 8.56. The predicted octanol–water partition coefficient (Wildman–Crippen LogP) is 5.18. The first kappa shape index (κ1) is 25.8. The van der Waals surface area contributed by atoms with Gasteiger partial charge in [-0.25, -0.2) is 0 Å². The minimum Gasteiger partial charge on any atom is -0.502 e. The largest absolute Gasteiger partial charge is 0.502 e. The third kappa shape index (κ3) is 15.5. The fourth-order valence-electron chi connectivity index (χ4n) is 2.81. The summed E-state index contributed by atoms with van der Waals surface area (Å²) in [5, 5.41) is 0. The molecule has 0 saturated carbocycles. The Bertz CT molecular complexity index is 339. The second kappa shape index (κ2) is 19.6. The molecule has 0 aliphatic heterocycles. The molecule has 0 radical (unpaired) electrons. The average Bonchev–Trinajstić information content (AvgIpc) is 2.69. The van der Waals surface area contributed by atoms with Crippen LogP contribution in [0, 0.1) is 0 Å². The maximum atomic E-state index is 6.14. The molecule has 0 unspecified atom stereocenters. The molecular formula is C22H42O4Si. The van der Waals surface area contributed by atoms with Gasteiger partial charge in [-0.3, -0.25) is 0 Å². The molecule has 0 aromatic rings. The van der Waals surface area contributed by atoms with Crippen LogP contribution < -0.4 is 0 Å². The first-order chi connectivity index (χ1) is 13.2. The molecule has 0 fully saturated rings. The lowest BCUT2D eigenvalue weighted by Gasteiger charge is -2.33. The van der Waals surface area contributed by atoms with Gasteiger partial charge < -0.3 is 18.6 Å². The van der Waals surface area contributed by atoms with E-state index in [-0.39, 0.29) is 5.60 Å². The summed E-state index contributed by atoms with van der Waals surface area (Å²) < 4.78 is 22.8. The van der Waals surface area contributed by atoms with Crippen LogP contribution in [0.15, 0.2) is 37.0 Å². The molecule has 4 nitrogen and oxygen atoms in total. The second-order valence-electron chi connectivity index (χ2n) is 6.65. The average molecular weight is 399 g/mol. The van der Waals surface area contributed by atoms with E-state index in [1.807, 2.05) is 37.0 Å². The van der Waals surface area contributed by atoms with Crippen LogP contribution in [0.4, 0.5) is 0 Å². The van der Waals surface area contributed by atoms with E-state index >= 15 is 0 Å². The standard InChI is InChI=1S/C22H42O4Si/c1-4-7-16-23-19-10-13-22(26-27,14-11-20-24-17-8-5-2)15-12-21-25-18-9-6-3/h7-9,16-18H,4-6,10-15,19-21H2,1-3,27H3. The van der Waals surface area contributed by atoms with Crippen LogP contribution in [0.1, 0.15) is 78.6 Å². The summed E-state index contributed by atoms with van der Waals surface area (Å²) in [5.41, 5.74) is -0.0697. The Kier molecular flexibility index (Phi) is 18.7. The Labute approximate surface area is 170 Å². The maximum Gasteiger partial charge on any atom is 0.146 e. The third-order valence-corrected chi connectivity index (χ3v) is 5.27. The number of hydrogen-bond donors (Lipinski definition) is 0. The quantitative estimate of drug-likeness (QED) is 0.171. The minimum atomic E-state index is -0.0697. The van der Waals surface area contributed by atoms with E-state index in [1.54, 1.807) is 0 Å². The van der Waals surface area contributed by atoms with Gasteiger partial charge in [0, 0.05) is 0 Å². The molecule has 0 saturated heterocycles. The summed E-state index contributed by atoms with van der Waals surface area (Å²) in [7, 11) is 0.743. The van der Waals surface area contributed by atoms with Crippen LogP contribution in [0.3, 0.4) is 0 Å². The lowest BCUT2D eigenvalue weighted by Crippen LogP contribution is -2.33. The van der Waals surface area contributed by atoms with Crippen molar-refractivity contribution < 1.29 is 18.6 Å². The van der Waals surface area contributed by atoms with Gasteiger partial charge in [-0.15, -0.1) is 0 Å². The highest BCUT2D eigenvalue weighted by Gasteiger charge is 2.28. The summed E-state index contributed by atoms with van der Waals surface area (Å²) in [5.74, 6) is 0. The van der Waals surface area contributed by atoms with E-state index in [1.165, 1.54) is 0 Å². The van der Waals surface area contributed by atoms with Gasteiger partial charge in [0.15, 0.2) is 0 Å². The van der Waals surface area contributed by atoms with Crippen molar-refractivity contribution in [2.45, 2.75) is 84.2 Å². The van der Waals surface area contributed by atoms with Crippen molar-refractivity contribution in [2.24, 2.45) is 0 Å². The van der Waals surface area contributed by atoms with Crippen molar-refractivity contribution in [3.63, 3.8) is 0 Å². The lowest BCUT2D eigenvalue weighted by atomic mass is 9.88. The fourth-order valence-corrected chi connectivity index (χ4v) is 3.42. The van der Waals surface area contributed by atoms with Crippen molar-refractivity contribution in [1.29, 1.82) is 0 Å². The molecule has 0 aromatic carbocycles. The number of rotatable bonds is 19. The van der Waals surface area contributed by atoms with Gasteiger partial charge in [0.05, 0.1) is 44.2 Å². The van der Waals surface area contributed by atoms with E-state index in [0.717, 1.165) is 88.1 Å². The third-order valence-electron chi connectivity index (χ3n) is 4.40. The van der Waals surface area contributed by atoms with Crippen molar-refractivity contribution in [1.82, 2.24) is 0 Å².